The minimum Gasteiger partial charge on any atom is -0.453 e. The van der Waals surface area contributed by atoms with Crippen molar-refractivity contribution in [1.29, 1.82) is 0 Å². The van der Waals surface area contributed by atoms with Crippen LogP contribution in [0.1, 0.15) is 56.7 Å². The predicted octanol–water partition coefficient (Wildman–Crippen LogP) is 4.94. The van der Waals surface area contributed by atoms with Crippen molar-refractivity contribution in [1.82, 2.24) is 10.6 Å². The lowest BCUT2D eigenvalue weighted by Crippen LogP contribution is -2.47. The molecular weight excluding hydrogens is 534 g/mol. The van der Waals surface area contributed by atoms with Gasteiger partial charge in [0.15, 0.2) is 0 Å². The van der Waals surface area contributed by atoms with Crippen LogP contribution in [0.15, 0.2) is 72.8 Å². The molecule has 0 aliphatic heterocycles. The van der Waals surface area contributed by atoms with Gasteiger partial charge >= 0.3 is 18.0 Å². The molecule has 9 heteroatoms. The molecule has 1 aliphatic carbocycles. The number of anilines is 1. The Morgan fingerprint density at radius 1 is 0.857 bits per heavy atom. The van der Waals surface area contributed by atoms with E-state index in [9.17, 15) is 19.2 Å². The molecule has 0 fully saturated rings. The Labute approximate surface area is 246 Å². The molecule has 42 heavy (non-hydrogen) atoms. The largest absolute Gasteiger partial charge is 0.453 e. The minimum absolute atomic E-state index is 0.0610. The van der Waals surface area contributed by atoms with Gasteiger partial charge in [-0.15, -0.1) is 0 Å². The maximum Gasteiger partial charge on any atom is 0.407 e. The predicted molar refractivity (Wildman–Crippen MR) is 160 cm³/mol. The fourth-order valence-corrected chi connectivity index (χ4v) is 4.85. The lowest BCUT2D eigenvalue weighted by molar-refractivity contribution is -0.161. The Hall–Kier alpha value is -4.66. The molecule has 0 aromatic heterocycles. The number of amides is 3. The first-order valence-electron chi connectivity index (χ1n) is 14.1. The standard InChI is InChI=1S/C33H37N3O6/c1-5-28(36-32(40)41-20-27-25-12-8-6-10-23(25)24-11-7-9-13-26(24)27)29(37)34-19-18-21-14-16-22(17-15-21)35-30(38)31(39)42-33(2,3)4/h6-17,27-28H,5,18-20H2,1-4H3,(H,34,37)(H,35,38)(H,36,40)/t28-/m0/s1. The molecular formula is C33H37N3O6. The van der Waals surface area contributed by atoms with Crippen molar-refractivity contribution in [2.75, 3.05) is 18.5 Å². The molecule has 3 N–H and O–H groups in total. The minimum atomic E-state index is -0.952. The molecule has 220 valence electrons. The highest BCUT2D eigenvalue weighted by Crippen LogP contribution is 2.44. The van der Waals surface area contributed by atoms with Crippen molar-refractivity contribution in [3.63, 3.8) is 0 Å². The van der Waals surface area contributed by atoms with Gasteiger partial charge in [-0.05, 0) is 73.6 Å². The zero-order valence-electron chi connectivity index (χ0n) is 24.4. The van der Waals surface area contributed by atoms with Gasteiger partial charge in [-0.1, -0.05) is 67.6 Å². The summed E-state index contributed by atoms with van der Waals surface area (Å²) in [5.41, 5.74) is 5.15. The van der Waals surface area contributed by atoms with Crippen LogP contribution < -0.4 is 16.0 Å². The van der Waals surface area contributed by atoms with E-state index < -0.39 is 29.6 Å². The van der Waals surface area contributed by atoms with Crippen molar-refractivity contribution in [2.45, 2.75) is 58.1 Å². The van der Waals surface area contributed by atoms with Gasteiger partial charge in [0, 0.05) is 18.2 Å². The van der Waals surface area contributed by atoms with Crippen molar-refractivity contribution >= 4 is 29.6 Å². The van der Waals surface area contributed by atoms with E-state index in [1.807, 2.05) is 31.2 Å². The fourth-order valence-electron chi connectivity index (χ4n) is 4.85. The summed E-state index contributed by atoms with van der Waals surface area (Å²) in [5.74, 6) is -2.16. The fraction of sp³-hybridized carbons (Fsp3) is 0.333. The Bertz CT molecular complexity index is 1400. The first kappa shape index (κ1) is 30.3. The molecule has 9 nitrogen and oxygen atoms in total. The van der Waals surface area contributed by atoms with Crippen LogP contribution in [-0.4, -0.2) is 48.7 Å². The van der Waals surface area contributed by atoms with Gasteiger partial charge in [0.2, 0.25) is 5.91 Å². The van der Waals surface area contributed by atoms with Gasteiger partial charge in [-0.25, -0.2) is 9.59 Å². The van der Waals surface area contributed by atoms with Crippen LogP contribution in [-0.2, 0) is 30.3 Å². The molecule has 1 aliphatic rings. The summed E-state index contributed by atoms with van der Waals surface area (Å²) in [4.78, 5) is 49.3. The summed E-state index contributed by atoms with van der Waals surface area (Å²) in [7, 11) is 0. The van der Waals surface area contributed by atoms with E-state index in [1.54, 1.807) is 45.0 Å². The van der Waals surface area contributed by atoms with E-state index in [-0.39, 0.29) is 18.4 Å². The molecule has 0 saturated carbocycles. The van der Waals surface area contributed by atoms with Gasteiger partial charge in [0.05, 0.1) is 0 Å². The van der Waals surface area contributed by atoms with Crippen LogP contribution >= 0.6 is 0 Å². The second kappa shape index (κ2) is 13.3. The molecule has 3 amide bonds. The first-order chi connectivity index (χ1) is 20.1. The van der Waals surface area contributed by atoms with Crippen molar-refractivity contribution in [3.8, 4) is 11.1 Å². The Kier molecular flexibility index (Phi) is 9.62. The Balaban J connectivity index is 1.22. The molecule has 3 aromatic carbocycles. The van der Waals surface area contributed by atoms with Crippen LogP contribution in [0.3, 0.4) is 0 Å². The number of hydrogen-bond acceptors (Lipinski definition) is 6. The van der Waals surface area contributed by atoms with Gasteiger partial charge in [0.1, 0.15) is 18.2 Å². The van der Waals surface area contributed by atoms with Crippen LogP contribution in [0.5, 0.6) is 0 Å². The van der Waals surface area contributed by atoms with Crippen LogP contribution in [0.2, 0.25) is 0 Å². The van der Waals surface area contributed by atoms with Crippen molar-refractivity contribution < 1.29 is 28.7 Å². The summed E-state index contributed by atoms with van der Waals surface area (Å²) < 4.78 is 10.6. The average molecular weight is 572 g/mol. The smallest absolute Gasteiger partial charge is 0.407 e. The molecule has 4 rings (SSSR count). The number of alkyl carbamates (subject to hydrolysis) is 1. The third-order valence-electron chi connectivity index (χ3n) is 6.87. The van der Waals surface area contributed by atoms with Gasteiger partial charge < -0.3 is 25.4 Å². The average Bonchev–Trinajstić information content (AvgIpc) is 3.28. The normalized spacial score (nSPS) is 12.9. The number of ether oxygens (including phenoxy) is 2. The number of nitrogens with one attached hydrogen (secondary N) is 3. The zero-order chi connectivity index (χ0) is 30.3. The van der Waals surface area contributed by atoms with E-state index in [4.69, 9.17) is 9.47 Å². The topological polar surface area (TPSA) is 123 Å². The van der Waals surface area contributed by atoms with Crippen LogP contribution in [0, 0.1) is 0 Å². The third kappa shape index (κ3) is 7.75. The summed E-state index contributed by atoms with van der Waals surface area (Å²) in [6.07, 6.45) is 0.304. The van der Waals surface area contributed by atoms with Gasteiger partial charge in [-0.3, -0.25) is 9.59 Å². The van der Waals surface area contributed by atoms with E-state index in [2.05, 4.69) is 40.2 Å². The van der Waals surface area contributed by atoms with Crippen LogP contribution in [0.25, 0.3) is 11.1 Å². The number of hydrogen-bond donors (Lipinski definition) is 3. The van der Waals surface area contributed by atoms with Crippen LogP contribution in [0.4, 0.5) is 10.5 Å². The van der Waals surface area contributed by atoms with Gasteiger partial charge in [0.25, 0.3) is 0 Å². The Morgan fingerprint density at radius 2 is 1.45 bits per heavy atom. The third-order valence-corrected chi connectivity index (χ3v) is 6.87. The molecule has 3 aromatic rings. The first-order valence-corrected chi connectivity index (χ1v) is 14.1. The highest BCUT2D eigenvalue weighted by Gasteiger charge is 2.29. The molecule has 0 radical (unpaired) electrons. The highest BCUT2D eigenvalue weighted by molar-refractivity contribution is 6.37. The SMILES string of the molecule is CC[C@H](NC(=O)OCC1c2ccccc2-c2ccccc21)C(=O)NCCc1ccc(NC(=O)C(=O)OC(C)(C)C)cc1. The maximum atomic E-state index is 12.8. The maximum absolute atomic E-state index is 12.8. The lowest BCUT2D eigenvalue weighted by atomic mass is 9.98. The van der Waals surface area contributed by atoms with Crippen molar-refractivity contribution in [3.05, 3.63) is 89.5 Å². The van der Waals surface area contributed by atoms with E-state index in [0.717, 1.165) is 27.8 Å². The van der Waals surface area contributed by atoms with E-state index >= 15 is 0 Å². The second-order valence-corrected chi connectivity index (χ2v) is 11.1. The quantitative estimate of drug-likeness (QED) is 0.247. The van der Waals surface area contributed by atoms with Gasteiger partial charge in [-0.2, -0.15) is 0 Å². The number of carbonyl (C=O) groups excluding carboxylic acids is 4. The lowest BCUT2D eigenvalue weighted by Gasteiger charge is -2.19. The molecule has 1 atom stereocenters. The van der Waals surface area contributed by atoms with Crippen molar-refractivity contribution in [2.24, 2.45) is 0 Å². The molecule has 0 spiro atoms. The summed E-state index contributed by atoms with van der Waals surface area (Å²) in [6.45, 7) is 7.40. The monoisotopic (exact) mass is 571 g/mol. The number of fused-ring (bicyclic) bond motifs is 3. The van der Waals surface area contributed by atoms with E-state index in [1.165, 1.54) is 0 Å². The zero-order valence-corrected chi connectivity index (χ0v) is 24.4. The molecule has 0 saturated heterocycles. The Morgan fingerprint density at radius 3 is 2.02 bits per heavy atom. The molecule has 0 heterocycles. The number of esters is 1. The van der Waals surface area contributed by atoms with E-state index in [0.29, 0.717) is 25.1 Å². The second-order valence-electron chi connectivity index (χ2n) is 11.1. The summed E-state index contributed by atoms with van der Waals surface area (Å²) in [6, 6.07) is 22.4. The summed E-state index contributed by atoms with van der Waals surface area (Å²) in [5, 5.41) is 8.05. The summed E-state index contributed by atoms with van der Waals surface area (Å²) >= 11 is 0. The molecule has 0 bridgehead atoms. The molecule has 0 unspecified atom stereocenters. The number of benzene rings is 3. The number of carbonyl (C=O) groups is 4. The number of rotatable bonds is 9. The highest BCUT2D eigenvalue weighted by atomic mass is 16.6.